The van der Waals surface area contributed by atoms with E-state index in [9.17, 15) is 13.2 Å². The monoisotopic (exact) mass is 289 g/mol. The Morgan fingerprint density at radius 3 is 2.55 bits per heavy atom. The van der Waals surface area contributed by atoms with Gasteiger partial charge < -0.3 is 15.5 Å². The molecule has 1 aromatic heterocycles. The van der Waals surface area contributed by atoms with E-state index in [1.54, 1.807) is 0 Å². The van der Waals surface area contributed by atoms with Crippen molar-refractivity contribution in [2.45, 2.75) is 19.0 Å². The summed E-state index contributed by atoms with van der Waals surface area (Å²) in [6.07, 6.45) is -2.09. The van der Waals surface area contributed by atoms with Crippen LogP contribution in [0.3, 0.4) is 0 Å². The van der Waals surface area contributed by atoms with Gasteiger partial charge in [0.2, 0.25) is 5.95 Å². The zero-order chi connectivity index (χ0) is 14.6. The molecular formula is C12H18F3N5. The van der Waals surface area contributed by atoms with Crippen LogP contribution < -0.4 is 10.6 Å². The molecule has 0 unspecified atom stereocenters. The minimum atomic E-state index is -4.47. The molecule has 0 radical (unpaired) electrons. The number of hydrogen-bond acceptors (Lipinski definition) is 5. The first-order valence-electron chi connectivity index (χ1n) is 6.59. The van der Waals surface area contributed by atoms with Crippen molar-refractivity contribution in [3.05, 3.63) is 11.8 Å². The van der Waals surface area contributed by atoms with Gasteiger partial charge in [-0.15, -0.1) is 0 Å². The van der Waals surface area contributed by atoms with E-state index in [4.69, 9.17) is 0 Å². The Bertz CT molecular complexity index is 443. The van der Waals surface area contributed by atoms with E-state index in [1.165, 1.54) is 19.9 Å². The van der Waals surface area contributed by atoms with Crippen molar-refractivity contribution < 1.29 is 13.2 Å². The second-order valence-electron chi connectivity index (χ2n) is 4.69. The molecule has 0 bridgehead atoms. The Hall–Kier alpha value is -1.57. The summed E-state index contributed by atoms with van der Waals surface area (Å²) in [5.74, 6) is 0.152. The molecule has 5 nitrogen and oxygen atoms in total. The van der Waals surface area contributed by atoms with Gasteiger partial charge in [-0.25, -0.2) is 4.98 Å². The number of rotatable bonds is 5. The van der Waals surface area contributed by atoms with Crippen molar-refractivity contribution in [2.75, 3.05) is 43.9 Å². The Labute approximate surface area is 115 Å². The number of hydrogen-bond donors (Lipinski definition) is 2. The van der Waals surface area contributed by atoms with Gasteiger partial charge in [0.1, 0.15) is 5.82 Å². The number of likely N-dealkylation sites (tertiary alicyclic amines) is 1. The highest BCUT2D eigenvalue weighted by Gasteiger charge is 2.33. The predicted molar refractivity (Wildman–Crippen MR) is 70.7 cm³/mol. The zero-order valence-electron chi connectivity index (χ0n) is 11.3. The van der Waals surface area contributed by atoms with Crippen molar-refractivity contribution in [1.29, 1.82) is 0 Å². The van der Waals surface area contributed by atoms with Gasteiger partial charge in [-0.05, 0) is 25.9 Å². The van der Waals surface area contributed by atoms with E-state index in [0.29, 0.717) is 6.54 Å². The fourth-order valence-electron chi connectivity index (χ4n) is 2.14. The molecule has 0 aliphatic carbocycles. The molecule has 1 fully saturated rings. The third kappa shape index (κ3) is 3.96. The van der Waals surface area contributed by atoms with Gasteiger partial charge in [-0.3, -0.25) is 0 Å². The van der Waals surface area contributed by atoms with Gasteiger partial charge in [0.05, 0.1) is 0 Å². The summed E-state index contributed by atoms with van der Waals surface area (Å²) in [7, 11) is 1.49. The standard InChI is InChI=1S/C12H18F3N5/c1-16-11-18-9(12(13,14)15)8-10(19-11)17-4-7-20-5-2-3-6-20/h8H,2-7H2,1H3,(H2,16,17,18,19). The molecule has 2 rings (SSSR count). The Balaban J connectivity index is 1.98. The van der Waals surface area contributed by atoms with E-state index in [2.05, 4.69) is 25.5 Å². The largest absolute Gasteiger partial charge is 0.433 e. The van der Waals surface area contributed by atoms with Gasteiger partial charge in [0, 0.05) is 26.2 Å². The minimum Gasteiger partial charge on any atom is -0.369 e. The number of nitrogens with zero attached hydrogens (tertiary/aromatic N) is 3. The molecule has 0 spiro atoms. The fourth-order valence-corrected chi connectivity index (χ4v) is 2.14. The lowest BCUT2D eigenvalue weighted by Gasteiger charge is -2.16. The maximum absolute atomic E-state index is 12.7. The molecular weight excluding hydrogens is 271 g/mol. The lowest BCUT2D eigenvalue weighted by atomic mass is 10.3. The maximum atomic E-state index is 12.7. The lowest BCUT2D eigenvalue weighted by molar-refractivity contribution is -0.141. The van der Waals surface area contributed by atoms with Crippen molar-refractivity contribution in [1.82, 2.24) is 14.9 Å². The van der Waals surface area contributed by atoms with Gasteiger partial charge in [0.15, 0.2) is 5.69 Å². The van der Waals surface area contributed by atoms with Gasteiger partial charge >= 0.3 is 6.18 Å². The number of aromatic nitrogens is 2. The highest BCUT2D eigenvalue weighted by molar-refractivity contribution is 5.42. The molecule has 1 aliphatic rings. The van der Waals surface area contributed by atoms with Crippen LogP contribution in [-0.2, 0) is 6.18 Å². The summed E-state index contributed by atoms with van der Waals surface area (Å²) >= 11 is 0. The predicted octanol–water partition coefficient (Wildman–Crippen LogP) is 2.04. The van der Waals surface area contributed by atoms with Crippen LogP contribution in [0.1, 0.15) is 18.5 Å². The molecule has 20 heavy (non-hydrogen) atoms. The normalized spacial score (nSPS) is 16.4. The molecule has 2 N–H and O–H groups in total. The van der Waals surface area contributed by atoms with E-state index < -0.39 is 11.9 Å². The molecule has 0 aromatic carbocycles. The first kappa shape index (κ1) is 14.8. The Morgan fingerprint density at radius 1 is 1.25 bits per heavy atom. The van der Waals surface area contributed by atoms with Crippen molar-refractivity contribution in [3.8, 4) is 0 Å². The zero-order valence-corrected chi connectivity index (χ0v) is 11.3. The number of halogens is 3. The third-order valence-corrected chi connectivity index (χ3v) is 3.17. The minimum absolute atomic E-state index is 0.0384. The van der Waals surface area contributed by atoms with Gasteiger partial charge in [-0.1, -0.05) is 0 Å². The van der Waals surface area contributed by atoms with Crippen LogP contribution in [0.2, 0.25) is 0 Å². The van der Waals surface area contributed by atoms with Crippen LogP contribution in [0.5, 0.6) is 0 Å². The fraction of sp³-hybridized carbons (Fsp3) is 0.667. The van der Waals surface area contributed by atoms with E-state index in [0.717, 1.165) is 25.7 Å². The Morgan fingerprint density at radius 2 is 1.95 bits per heavy atom. The number of nitrogens with one attached hydrogen (secondary N) is 2. The van der Waals surface area contributed by atoms with Crippen LogP contribution in [-0.4, -0.2) is 48.1 Å². The van der Waals surface area contributed by atoms with Crippen LogP contribution in [0, 0.1) is 0 Å². The molecule has 2 heterocycles. The smallest absolute Gasteiger partial charge is 0.369 e. The van der Waals surface area contributed by atoms with Crippen LogP contribution in [0.15, 0.2) is 6.07 Å². The number of anilines is 2. The first-order chi connectivity index (χ1) is 9.49. The second-order valence-corrected chi connectivity index (χ2v) is 4.69. The molecule has 0 saturated carbocycles. The van der Waals surface area contributed by atoms with Gasteiger partial charge in [0.25, 0.3) is 0 Å². The summed E-state index contributed by atoms with van der Waals surface area (Å²) in [6.45, 7) is 3.49. The summed E-state index contributed by atoms with van der Waals surface area (Å²) in [6, 6.07) is 0.935. The third-order valence-electron chi connectivity index (χ3n) is 3.17. The van der Waals surface area contributed by atoms with Crippen LogP contribution in [0.4, 0.5) is 24.9 Å². The lowest BCUT2D eigenvalue weighted by Crippen LogP contribution is -2.26. The van der Waals surface area contributed by atoms with E-state index in [1.807, 2.05) is 0 Å². The number of alkyl halides is 3. The van der Waals surface area contributed by atoms with Gasteiger partial charge in [-0.2, -0.15) is 18.2 Å². The summed E-state index contributed by atoms with van der Waals surface area (Å²) in [5, 5.41) is 5.46. The summed E-state index contributed by atoms with van der Waals surface area (Å²) < 4.78 is 38.1. The molecule has 0 atom stereocenters. The molecule has 8 heteroatoms. The van der Waals surface area contributed by atoms with Crippen molar-refractivity contribution in [3.63, 3.8) is 0 Å². The van der Waals surface area contributed by atoms with Crippen molar-refractivity contribution >= 4 is 11.8 Å². The second kappa shape index (κ2) is 6.25. The quantitative estimate of drug-likeness (QED) is 0.869. The topological polar surface area (TPSA) is 53.1 Å². The average Bonchev–Trinajstić information content (AvgIpc) is 2.90. The summed E-state index contributed by atoms with van der Waals surface area (Å²) in [4.78, 5) is 9.66. The SMILES string of the molecule is CNc1nc(NCCN2CCCC2)cc(C(F)(F)F)n1. The molecule has 0 amide bonds. The van der Waals surface area contributed by atoms with E-state index in [-0.39, 0.29) is 11.8 Å². The highest BCUT2D eigenvalue weighted by atomic mass is 19.4. The Kier molecular flexibility index (Phi) is 4.64. The van der Waals surface area contributed by atoms with Crippen LogP contribution in [0.25, 0.3) is 0 Å². The van der Waals surface area contributed by atoms with Crippen molar-refractivity contribution in [2.24, 2.45) is 0 Å². The van der Waals surface area contributed by atoms with Crippen LogP contribution >= 0.6 is 0 Å². The molecule has 1 aliphatic heterocycles. The average molecular weight is 289 g/mol. The summed E-state index contributed by atoms with van der Waals surface area (Å²) in [5.41, 5.74) is -0.944. The maximum Gasteiger partial charge on any atom is 0.433 e. The highest BCUT2D eigenvalue weighted by Crippen LogP contribution is 2.29. The molecule has 112 valence electrons. The molecule has 1 aromatic rings. The molecule has 1 saturated heterocycles. The van der Waals surface area contributed by atoms with E-state index >= 15 is 0 Å². The first-order valence-corrected chi connectivity index (χ1v) is 6.59.